The minimum absolute atomic E-state index is 0.106. The van der Waals surface area contributed by atoms with Crippen LogP contribution in [0.4, 0.5) is 0 Å². The summed E-state index contributed by atoms with van der Waals surface area (Å²) in [4.78, 5) is 31.1. The van der Waals surface area contributed by atoms with E-state index in [1.54, 1.807) is 59.4 Å². The lowest BCUT2D eigenvalue weighted by atomic mass is 10.3. The average molecular weight is 357 g/mol. The lowest BCUT2D eigenvalue weighted by molar-refractivity contribution is 0.0716. The third-order valence-electron chi connectivity index (χ3n) is 4.27. The molecule has 0 aliphatic carbocycles. The summed E-state index contributed by atoms with van der Waals surface area (Å²) < 4.78 is 7.03. The summed E-state index contributed by atoms with van der Waals surface area (Å²) in [5, 5.41) is 4.18. The minimum atomic E-state index is -0.145. The predicted octanol–water partition coefficient (Wildman–Crippen LogP) is 2.21. The van der Waals surface area contributed by atoms with Crippen LogP contribution in [0.15, 0.2) is 35.2 Å². The zero-order valence-corrected chi connectivity index (χ0v) is 15.2. The number of carbonyl (C=O) groups is 2. The number of likely N-dealkylation sites (N-methyl/N-ethyl adjacent to an activating group) is 2. The lowest BCUT2D eigenvalue weighted by Crippen LogP contribution is -2.37. The standard InChI is InChI=1S/C18H23N5O3/c1-4-6-23-12-13(11-19-23)17(24)21(2)7-8-22(3)18(25)15-10-16-14(20-15)5-9-26-16/h5,9-12,20H,4,6-8H2,1-3H3. The molecule has 0 radical (unpaired) electrons. The number of amides is 2. The van der Waals surface area contributed by atoms with Gasteiger partial charge in [-0.3, -0.25) is 14.3 Å². The number of aryl methyl sites for hydroxylation is 1. The van der Waals surface area contributed by atoms with Gasteiger partial charge in [-0.1, -0.05) is 6.92 Å². The first-order valence-corrected chi connectivity index (χ1v) is 8.59. The van der Waals surface area contributed by atoms with Gasteiger partial charge in [-0.15, -0.1) is 0 Å². The van der Waals surface area contributed by atoms with E-state index in [2.05, 4.69) is 17.0 Å². The second-order valence-electron chi connectivity index (χ2n) is 6.33. The van der Waals surface area contributed by atoms with Crippen LogP contribution in [0.1, 0.15) is 34.2 Å². The van der Waals surface area contributed by atoms with E-state index in [1.807, 2.05) is 0 Å². The van der Waals surface area contributed by atoms with Crippen molar-refractivity contribution >= 4 is 22.9 Å². The zero-order valence-electron chi connectivity index (χ0n) is 15.2. The molecule has 3 rings (SSSR count). The molecule has 8 nitrogen and oxygen atoms in total. The smallest absolute Gasteiger partial charge is 0.270 e. The van der Waals surface area contributed by atoms with Crippen molar-refractivity contribution < 1.29 is 14.0 Å². The van der Waals surface area contributed by atoms with Crippen molar-refractivity contribution in [3.05, 3.63) is 42.0 Å². The van der Waals surface area contributed by atoms with Crippen LogP contribution >= 0.6 is 0 Å². The van der Waals surface area contributed by atoms with Gasteiger partial charge in [0.2, 0.25) is 0 Å². The number of nitrogens with one attached hydrogen (secondary N) is 1. The highest BCUT2D eigenvalue weighted by atomic mass is 16.3. The van der Waals surface area contributed by atoms with E-state index in [4.69, 9.17) is 4.42 Å². The van der Waals surface area contributed by atoms with Gasteiger partial charge < -0.3 is 19.2 Å². The van der Waals surface area contributed by atoms with E-state index in [0.717, 1.165) is 18.5 Å². The molecule has 0 aliphatic heterocycles. The molecule has 3 heterocycles. The van der Waals surface area contributed by atoms with E-state index in [0.29, 0.717) is 29.9 Å². The van der Waals surface area contributed by atoms with Crippen molar-refractivity contribution in [1.82, 2.24) is 24.6 Å². The molecule has 0 spiro atoms. The van der Waals surface area contributed by atoms with Crippen molar-refractivity contribution in [3.8, 4) is 0 Å². The topological polar surface area (TPSA) is 87.4 Å². The summed E-state index contributed by atoms with van der Waals surface area (Å²) in [7, 11) is 3.43. The molecule has 0 unspecified atom stereocenters. The molecule has 0 aromatic carbocycles. The third kappa shape index (κ3) is 3.63. The van der Waals surface area contributed by atoms with Crippen LogP contribution in [0.5, 0.6) is 0 Å². The molecule has 3 aromatic rings. The number of H-pyrrole nitrogens is 1. The maximum absolute atomic E-state index is 12.5. The van der Waals surface area contributed by atoms with Gasteiger partial charge in [-0.2, -0.15) is 5.10 Å². The van der Waals surface area contributed by atoms with Gasteiger partial charge in [0.05, 0.1) is 23.5 Å². The van der Waals surface area contributed by atoms with Crippen molar-refractivity contribution in [2.45, 2.75) is 19.9 Å². The predicted molar refractivity (Wildman–Crippen MR) is 97.0 cm³/mol. The molecule has 8 heteroatoms. The van der Waals surface area contributed by atoms with Crippen LogP contribution in [-0.4, -0.2) is 63.6 Å². The fraction of sp³-hybridized carbons (Fsp3) is 0.389. The highest BCUT2D eigenvalue weighted by Crippen LogP contribution is 2.17. The number of carbonyl (C=O) groups excluding carboxylic acids is 2. The second kappa shape index (κ2) is 7.47. The van der Waals surface area contributed by atoms with Gasteiger partial charge in [0.25, 0.3) is 11.8 Å². The fourth-order valence-electron chi connectivity index (χ4n) is 2.72. The summed E-state index contributed by atoms with van der Waals surface area (Å²) in [5.41, 5.74) is 2.47. The average Bonchev–Trinajstić information content (AvgIpc) is 3.34. The summed E-state index contributed by atoms with van der Waals surface area (Å²) in [6.45, 7) is 3.69. The second-order valence-corrected chi connectivity index (χ2v) is 6.33. The van der Waals surface area contributed by atoms with Crippen molar-refractivity contribution in [2.75, 3.05) is 27.2 Å². The maximum Gasteiger partial charge on any atom is 0.270 e. The minimum Gasteiger partial charge on any atom is -0.463 e. The first-order chi connectivity index (χ1) is 12.5. The number of nitrogens with zero attached hydrogens (tertiary/aromatic N) is 4. The maximum atomic E-state index is 12.5. The van der Waals surface area contributed by atoms with Crippen molar-refractivity contribution in [3.63, 3.8) is 0 Å². The Bertz CT molecular complexity index is 878. The lowest BCUT2D eigenvalue weighted by Gasteiger charge is -2.21. The molecule has 2 amide bonds. The molecular formula is C18H23N5O3. The van der Waals surface area contributed by atoms with Gasteiger partial charge in [0, 0.05) is 52.1 Å². The van der Waals surface area contributed by atoms with Crippen molar-refractivity contribution in [2.24, 2.45) is 0 Å². The Hall–Kier alpha value is -3.03. The normalized spacial score (nSPS) is 11.0. The first-order valence-electron chi connectivity index (χ1n) is 8.59. The summed E-state index contributed by atoms with van der Waals surface area (Å²) >= 11 is 0. The Morgan fingerprint density at radius 3 is 2.65 bits per heavy atom. The van der Waals surface area contributed by atoms with Gasteiger partial charge >= 0.3 is 0 Å². The van der Waals surface area contributed by atoms with Gasteiger partial charge in [0.1, 0.15) is 5.69 Å². The Kier molecular flexibility index (Phi) is 5.11. The Morgan fingerprint density at radius 1 is 1.23 bits per heavy atom. The number of aromatic amines is 1. The zero-order chi connectivity index (χ0) is 18.7. The number of hydrogen-bond acceptors (Lipinski definition) is 4. The molecular weight excluding hydrogens is 334 g/mol. The molecule has 0 saturated heterocycles. The molecule has 0 aliphatic rings. The van der Waals surface area contributed by atoms with Crippen LogP contribution in [-0.2, 0) is 6.54 Å². The number of hydrogen-bond donors (Lipinski definition) is 1. The van der Waals surface area contributed by atoms with E-state index in [-0.39, 0.29) is 11.8 Å². The summed E-state index contributed by atoms with van der Waals surface area (Å²) in [6.07, 6.45) is 5.87. The molecule has 3 aromatic heterocycles. The van der Waals surface area contributed by atoms with E-state index < -0.39 is 0 Å². The van der Waals surface area contributed by atoms with Gasteiger partial charge in [-0.25, -0.2) is 0 Å². The number of rotatable bonds is 7. The van der Waals surface area contributed by atoms with Crippen LogP contribution < -0.4 is 0 Å². The fourth-order valence-corrected chi connectivity index (χ4v) is 2.72. The molecule has 138 valence electrons. The molecule has 0 fully saturated rings. The SMILES string of the molecule is CCCn1cc(C(=O)N(C)CCN(C)C(=O)c2cc3occc3[nH]2)cn1. The number of aromatic nitrogens is 3. The van der Waals surface area contributed by atoms with E-state index in [9.17, 15) is 9.59 Å². The Morgan fingerprint density at radius 2 is 1.96 bits per heavy atom. The molecule has 0 bridgehead atoms. The van der Waals surface area contributed by atoms with Crippen LogP contribution in [0.25, 0.3) is 11.1 Å². The first kappa shape index (κ1) is 17.8. The van der Waals surface area contributed by atoms with E-state index in [1.165, 1.54) is 0 Å². The van der Waals surface area contributed by atoms with Crippen LogP contribution in [0.3, 0.4) is 0 Å². The number of furan rings is 1. The number of fused-ring (bicyclic) bond motifs is 1. The Balaban J connectivity index is 1.55. The Labute approximate surface area is 151 Å². The summed E-state index contributed by atoms with van der Waals surface area (Å²) in [6, 6.07) is 3.46. The molecule has 0 saturated carbocycles. The van der Waals surface area contributed by atoms with Crippen LogP contribution in [0.2, 0.25) is 0 Å². The van der Waals surface area contributed by atoms with Gasteiger partial charge in [-0.05, 0) is 6.42 Å². The third-order valence-corrected chi connectivity index (χ3v) is 4.27. The molecule has 26 heavy (non-hydrogen) atoms. The monoisotopic (exact) mass is 357 g/mol. The van der Waals surface area contributed by atoms with E-state index >= 15 is 0 Å². The highest BCUT2D eigenvalue weighted by Gasteiger charge is 2.18. The highest BCUT2D eigenvalue weighted by molar-refractivity contribution is 5.97. The largest absolute Gasteiger partial charge is 0.463 e. The van der Waals surface area contributed by atoms with Crippen molar-refractivity contribution in [1.29, 1.82) is 0 Å². The van der Waals surface area contributed by atoms with Crippen LogP contribution in [0, 0.1) is 0 Å². The molecule has 1 N–H and O–H groups in total. The van der Waals surface area contributed by atoms with Gasteiger partial charge in [0.15, 0.2) is 5.58 Å². The summed E-state index contributed by atoms with van der Waals surface area (Å²) in [5.74, 6) is -0.251. The quantitative estimate of drug-likeness (QED) is 0.702. The molecule has 0 atom stereocenters.